The highest BCUT2D eigenvalue weighted by Crippen LogP contribution is 2.20. The zero-order valence-electron chi connectivity index (χ0n) is 10.3. The summed E-state index contributed by atoms with van der Waals surface area (Å²) in [5, 5.41) is 4.38. The topological polar surface area (TPSA) is 21.3 Å². The van der Waals surface area contributed by atoms with Gasteiger partial charge in [0.2, 0.25) is 0 Å². The van der Waals surface area contributed by atoms with Crippen molar-refractivity contribution in [2.24, 2.45) is 5.92 Å². The molecule has 1 N–H and O–H groups in total. The first-order valence-electron chi connectivity index (χ1n) is 6.35. The molecule has 1 saturated heterocycles. The van der Waals surface area contributed by atoms with Gasteiger partial charge in [-0.1, -0.05) is 30.7 Å². The van der Waals surface area contributed by atoms with Crippen LogP contribution < -0.4 is 5.32 Å². The molecule has 2 rings (SSSR count). The lowest BCUT2D eigenvalue weighted by atomic mass is 9.93. The normalized spacial score (nSPS) is 21.6. The van der Waals surface area contributed by atoms with Gasteiger partial charge >= 0.3 is 0 Å². The Kier molecular flexibility index (Phi) is 4.84. The molecule has 3 heteroatoms. The third-order valence-corrected chi connectivity index (χ3v) is 3.62. The largest absolute Gasteiger partial charge is 0.381 e. The van der Waals surface area contributed by atoms with E-state index in [9.17, 15) is 0 Å². The van der Waals surface area contributed by atoms with E-state index in [1.165, 1.54) is 12.0 Å². The van der Waals surface area contributed by atoms with E-state index < -0.39 is 0 Å². The third-order valence-electron chi connectivity index (χ3n) is 3.37. The van der Waals surface area contributed by atoms with Crippen LogP contribution in [0.25, 0.3) is 0 Å². The lowest BCUT2D eigenvalue weighted by Crippen LogP contribution is -2.38. The van der Waals surface area contributed by atoms with Crippen LogP contribution in [0.15, 0.2) is 24.3 Å². The van der Waals surface area contributed by atoms with Gasteiger partial charge in [0.15, 0.2) is 0 Å². The number of halogens is 1. The van der Waals surface area contributed by atoms with Crippen LogP contribution in [0.4, 0.5) is 0 Å². The quantitative estimate of drug-likeness (QED) is 0.871. The summed E-state index contributed by atoms with van der Waals surface area (Å²) < 4.78 is 5.48. The molecule has 1 aliphatic heterocycles. The summed E-state index contributed by atoms with van der Waals surface area (Å²) in [6.07, 6.45) is 2.23. The van der Waals surface area contributed by atoms with Gasteiger partial charge in [-0.25, -0.2) is 0 Å². The van der Waals surface area contributed by atoms with E-state index >= 15 is 0 Å². The smallest absolute Gasteiger partial charge is 0.0510 e. The Hall–Kier alpha value is -0.570. The van der Waals surface area contributed by atoms with Crippen molar-refractivity contribution in [3.63, 3.8) is 0 Å². The van der Waals surface area contributed by atoms with Gasteiger partial charge in [0.1, 0.15) is 0 Å². The molecule has 1 fully saturated rings. The van der Waals surface area contributed by atoms with Crippen LogP contribution in [0.3, 0.4) is 0 Å². The van der Waals surface area contributed by atoms with Crippen LogP contribution in [0.5, 0.6) is 0 Å². The summed E-state index contributed by atoms with van der Waals surface area (Å²) in [5.41, 5.74) is 1.34. The van der Waals surface area contributed by atoms with Crippen molar-refractivity contribution in [1.29, 1.82) is 0 Å². The second kappa shape index (κ2) is 6.39. The Labute approximate surface area is 108 Å². The average molecular weight is 254 g/mol. The Balaban J connectivity index is 1.98. The number of nitrogens with one attached hydrogen (secondary N) is 1. The van der Waals surface area contributed by atoms with Crippen molar-refractivity contribution in [2.75, 3.05) is 19.8 Å². The van der Waals surface area contributed by atoms with Gasteiger partial charge in [0.05, 0.1) is 6.61 Å². The predicted molar refractivity (Wildman–Crippen MR) is 71.5 cm³/mol. The molecule has 17 heavy (non-hydrogen) atoms. The standard InChI is InChI=1S/C14H20ClNO/c1-2-16-14(12-7-8-17-10-12)9-11-3-5-13(15)6-4-11/h3-6,12,14,16H,2,7-10H2,1H3. The lowest BCUT2D eigenvalue weighted by Gasteiger charge is -2.23. The molecule has 0 amide bonds. The highest BCUT2D eigenvalue weighted by atomic mass is 35.5. The lowest BCUT2D eigenvalue weighted by molar-refractivity contribution is 0.176. The van der Waals surface area contributed by atoms with Crippen LogP contribution in [0.2, 0.25) is 5.02 Å². The van der Waals surface area contributed by atoms with Gasteiger partial charge in [-0.2, -0.15) is 0 Å². The van der Waals surface area contributed by atoms with Crippen molar-refractivity contribution >= 4 is 11.6 Å². The van der Waals surface area contributed by atoms with E-state index in [4.69, 9.17) is 16.3 Å². The first kappa shape index (κ1) is 12.9. The maximum absolute atomic E-state index is 5.90. The number of likely N-dealkylation sites (N-methyl/N-ethyl adjacent to an activating group) is 1. The second-order valence-corrected chi connectivity index (χ2v) is 5.05. The zero-order valence-corrected chi connectivity index (χ0v) is 11.0. The third kappa shape index (κ3) is 3.70. The molecule has 0 bridgehead atoms. The van der Waals surface area contributed by atoms with Gasteiger partial charge in [0, 0.05) is 23.6 Å². The van der Waals surface area contributed by atoms with Gasteiger partial charge < -0.3 is 10.1 Å². The molecule has 2 nitrogen and oxygen atoms in total. The molecule has 1 aromatic carbocycles. The SMILES string of the molecule is CCNC(Cc1ccc(Cl)cc1)C1CCOC1. The minimum Gasteiger partial charge on any atom is -0.381 e. The van der Waals surface area contributed by atoms with E-state index in [1.54, 1.807) is 0 Å². The van der Waals surface area contributed by atoms with Crippen LogP contribution in [0, 0.1) is 5.92 Å². The first-order chi connectivity index (χ1) is 8.29. The van der Waals surface area contributed by atoms with Crippen molar-refractivity contribution in [3.05, 3.63) is 34.9 Å². The maximum atomic E-state index is 5.90. The summed E-state index contributed by atoms with van der Waals surface area (Å²) >= 11 is 5.90. The van der Waals surface area contributed by atoms with Gasteiger partial charge in [-0.05, 0) is 37.1 Å². The molecule has 0 saturated carbocycles. The molecule has 1 aliphatic rings. The van der Waals surface area contributed by atoms with Crippen LogP contribution >= 0.6 is 11.6 Å². The Morgan fingerprint density at radius 2 is 2.18 bits per heavy atom. The molecular weight excluding hydrogens is 234 g/mol. The highest BCUT2D eigenvalue weighted by molar-refractivity contribution is 6.30. The molecule has 0 spiro atoms. The van der Waals surface area contributed by atoms with Gasteiger partial charge in [-0.3, -0.25) is 0 Å². The Morgan fingerprint density at radius 1 is 1.41 bits per heavy atom. The van der Waals surface area contributed by atoms with Gasteiger partial charge in [0.25, 0.3) is 0 Å². The van der Waals surface area contributed by atoms with E-state index in [1.807, 2.05) is 12.1 Å². The van der Waals surface area contributed by atoms with Crippen molar-refractivity contribution in [3.8, 4) is 0 Å². The van der Waals surface area contributed by atoms with Gasteiger partial charge in [-0.15, -0.1) is 0 Å². The fourth-order valence-corrected chi connectivity index (χ4v) is 2.54. The minimum absolute atomic E-state index is 0.517. The van der Waals surface area contributed by atoms with E-state index in [0.29, 0.717) is 12.0 Å². The van der Waals surface area contributed by atoms with Crippen molar-refractivity contribution < 1.29 is 4.74 Å². The average Bonchev–Trinajstić information content (AvgIpc) is 2.85. The number of hydrogen-bond acceptors (Lipinski definition) is 2. The number of rotatable bonds is 5. The molecule has 2 atom stereocenters. The minimum atomic E-state index is 0.517. The maximum Gasteiger partial charge on any atom is 0.0510 e. The Morgan fingerprint density at radius 3 is 2.76 bits per heavy atom. The highest BCUT2D eigenvalue weighted by Gasteiger charge is 2.25. The van der Waals surface area contributed by atoms with Crippen molar-refractivity contribution in [1.82, 2.24) is 5.32 Å². The molecule has 94 valence electrons. The Bertz CT molecular complexity index is 333. The van der Waals surface area contributed by atoms with E-state index in [2.05, 4.69) is 24.4 Å². The van der Waals surface area contributed by atoms with Crippen LogP contribution in [-0.2, 0) is 11.2 Å². The summed E-state index contributed by atoms with van der Waals surface area (Å²) in [7, 11) is 0. The fraction of sp³-hybridized carbons (Fsp3) is 0.571. The molecule has 0 aromatic heterocycles. The number of ether oxygens (including phenoxy) is 1. The summed E-state index contributed by atoms with van der Waals surface area (Å²) in [6, 6.07) is 8.67. The van der Waals surface area contributed by atoms with Crippen LogP contribution in [-0.4, -0.2) is 25.8 Å². The molecule has 1 aromatic rings. The number of benzene rings is 1. The molecule has 0 aliphatic carbocycles. The molecule has 1 heterocycles. The van der Waals surface area contributed by atoms with Crippen molar-refractivity contribution in [2.45, 2.75) is 25.8 Å². The molecule has 2 unspecified atom stereocenters. The molecule has 0 radical (unpaired) electrons. The van der Waals surface area contributed by atoms with E-state index in [0.717, 1.165) is 31.2 Å². The summed E-state index contributed by atoms with van der Waals surface area (Å²) in [6.45, 7) is 4.97. The predicted octanol–water partition coefficient (Wildman–Crippen LogP) is 2.90. The summed E-state index contributed by atoms with van der Waals surface area (Å²) in [5.74, 6) is 0.644. The second-order valence-electron chi connectivity index (χ2n) is 4.62. The molecular formula is C14H20ClNO. The monoisotopic (exact) mass is 253 g/mol. The fourth-order valence-electron chi connectivity index (χ4n) is 2.41. The zero-order chi connectivity index (χ0) is 12.1. The van der Waals surface area contributed by atoms with Crippen LogP contribution in [0.1, 0.15) is 18.9 Å². The van der Waals surface area contributed by atoms with E-state index in [-0.39, 0.29) is 0 Å². The summed E-state index contributed by atoms with van der Waals surface area (Å²) in [4.78, 5) is 0. The first-order valence-corrected chi connectivity index (χ1v) is 6.73. The number of hydrogen-bond donors (Lipinski definition) is 1.